The highest BCUT2D eigenvalue weighted by atomic mass is 16.5. The van der Waals surface area contributed by atoms with Gasteiger partial charge in [0.05, 0.1) is 13.2 Å². The quantitative estimate of drug-likeness (QED) is 0.732. The van der Waals surface area contributed by atoms with Gasteiger partial charge < -0.3 is 14.8 Å². The van der Waals surface area contributed by atoms with Crippen LogP contribution >= 0.6 is 0 Å². The molecule has 0 aliphatic carbocycles. The molecule has 0 unspecified atom stereocenters. The number of fused-ring (bicyclic) bond motifs is 1. The van der Waals surface area contributed by atoms with Gasteiger partial charge in [-0.05, 0) is 29.5 Å². The number of hydrogen-bond donors (Lipinski definition) is 1. The van der Waals surface area contributed by atoms with Gasteiger partial charge in [0.1, 0.15) is 5.75 Å². The molecule has 0 fully saturated rings. The molecular formula is C16H25NO2. The van der Waals surface area contributed by atoms with Crippen LogP contribution in [-0.2, 0) is 17.7 Å². The van der Waals surface area contributed by atoms with Gasteiger partial charge in [-0.25, -0.2) is 0 Å². The molecule has 1 heterocycles. The Bertz CT molecular complexity index is 390. The van der Waals surface area contributed by atoms with E-state index in [0.29, 0.717) is 0 Å². The van der Waals surface area contributed by atoms with Crippen LogP contribution in [0.5, 0.6) is 5.75 Å². The van der Waals surface area contributed by atoms with Crippen molar-refractivity contribution in [1.82, 2.24) is 5.32 Å². The number of ether oxygens (including phenoxy) is 2. The normalized spacial score (nSPS) is 13.6. The first-order chi connectivity index (χ1) is 9.25. The lowest BCUT2D eigenvalue weighted by Gasteiger charge is -2.08. The molecule has 0 bridgehead atoms. The summed E-state index contributed by atoms with van der Waals surface area (Å²) in [5.74, 6) is 1.78. The predicted molar refractivity (Wildman–Crippen MR) is 77.6 cm³/mol. The molecular weight excluding hydrogens is 238 g/mol. The maximum Gasteiger partial charge on any atom is 0.122 e. The highest BCUT2D eigenvalue weighted by molar-refractivity contribution is 5.39. The highest BCUT2D eigenvalue weighted by Gasteiger charge is 2.11. The van der Waals surface area contributed by atoms with E-state index in [-0.39, 0.29) is 0 Å². The van der Waals surface area contributed by atoms with Crippen LogP contribution < -0.4 is 10.1 Å². The summed E-state index contributed by atoms with van der Waals surface area (Å²) in [6.07, 6.45) is 2.19. The molecule has 0 aromatic heterocycles. The van der Waals surface area contributed by atoms with Crippen molar-refractivity contribution < 1.29 is 9.47 Å². The molecule has 106 valence electrons. The van der Waals surface area contributed by atoms with E-state index in [4.69, 9.17) is 9.47 Å². The minimum Gasteiger partial charge on any atom is -0.493 e. The van der Waals surface area contributed by atoms with Crippen molar-refractivity contribution in [1.29, 1.82) is 0 Å². The van der Waals surface area contributed by atoms with E-state index in [2.05, 4.69) is 37.4 Å². The molecule has 1 aliphatic rings. The Balaban J connectivity index is 1.58. The Morgan fingerprint density at radius 3 is 3.05 bits per heavy atom. The SMILES string of the molecule is CC(C)CCOCCNCc1ccc2c(c1)CCO2. The first-order valence-corrected chi connectivity index (χ1v) is 7.29. The number of rotatable bonds is 8. The van der Waals surface area contributed by atoms with Crippen molar-refractivity contribution in [2.45, 2.75) is 33.2 Å². The lowest BCUT2D eigenvalue weighted by Crippen LogP contribution is -2.19. The first-order valence-electron chi connectivity index (χ1n) is 7.29. The minimum atomic E-state index is 0.724. The fourth-order valence-electron chi connectivity index (χ4n) is 2.15. The van der Waals surface area contributed by atoms with Crippen LogP contribution in [0.3, 0.4) is 0 Å². The third-order valence-corrected chi connectivity index (χ3v) is 3.35. The molecule has 0 spiro atoms. The maximum atomic E-state index is 5.57. The summed E-state index contributed by atoms with van der Waals surface area (Å²) in [4.78, 5) is 0. The van der Waals surface area contributed by atoms with Gasteiger partial charge >= 0.3 is 0 Å². The molecule has 1 aromatic carbocycles. The number of benzene rings is 1. The third kappa shape index (κ3) is 4.84. The van der Waals surface area contributed by atoms with Crippen LogP contribution in [0.4, 0.5) is 0 Å². The number of nitrogens with one attached hydrogen (secondary N) is 1. The molecule has 1 aromatic rings. The van der Waals surface area contributed by atoms with Crippen molar-refractivity contribution in [3.63, 3.8) is 0 Å². The first kappa shape index (κ1) is 14.4. The molecule has 1 aliphatic heterocycles. The zero-order valence-electron chi connectivity index (χ0n) is 12.1. The van der Waals surface area contributed by atoms with Crippen LogP contribution in [0.1, 0.15) is 31.4 Å². The molecule has 0 radical (unpaired) electrons. The molecule has 3 nitrogen and oxygen atoms in total. The predicted octanol–water partition coefficient (Wildman–Crippen LogP) is 2.77. The fourth-order valence-corrected chi connectivity index (χ4v) is 2.15. The van der Waals surface area contributed by atoms with Crippen LogP contribution in [0.2, 0.25) is 0 Å². The topological polar surface area (TPSA) is 30.5 Å². The van der Waals surface area contributed by atoms with E-state index in [1.54, 1.807) is 0 Å². The van der Waals surface area contributed by atoms with Crippen molar-refractivity contribution in [3.8, 4) is 5.75 Å². The fraction of sp³-hybridized carbons (Fsp3) is 0.625. The summed E-state index contributed by atoms with van der Waals surface area (Å²) in [5.41, 5.74) is 2.67. The summed E-state index contributed by atoms with van der Waals surface area (Å²) < 4.78 is 11.1. The summed E-state index contributed by atoms with van der Waals surface area (Å²) in [5, 5.41) is 3.42. The second kappa shape index (κ2) is 7.51. The second-order valence-electron chi connectivity index (χ2n) is 5.51. The Hall–Kier alpha value is -1.06. The minimum absolute atomic E-state index is 0.724. The van der Waals surface area contributed by atoms with Crippen molar-refractivity contribution >= 4 is 0 Å². The smallest absolute Gasteiger partial charge is 0.122 e. The van der Waals surface area contributed by atoms with Gasteiger partial charge in [-0.2, -0.15) is 0 Å². The summed E-state index contributed by atoms with van der Waals surface area (Å²) in [6, 6.07) is 6.46. The zero-order valence-corrected chi connectivity index (χ0v) is 12.1. The van der Waals surface area contributed by atoms with E-state index >= 15 is 0 Å². The van der Waals surface area contributed by atoms with Gasteiger partial charge in [-0.3, -0.25) is 0 Å². The van der Waals surface area contributed by atoms with E-state index in [9.17, 15) is 0 Å². The molecule has 2 rings (SSSR count). The Kier molecular flexibility index (Phi) is 5.67. The van der Waals surface area contributed by atoms with Gasteiger partial charge in [0.25, 0.3) is 0 Å². The van der Waals surface area contributed by atoms with Gasteiger partial charge in [-0.15, -0.1) is 0 Å². The lowest BCUT2D eigenvalue weighted by atomic mass is 10.1. The summed E-state index contributed by atoms with van der Waals surface area (Å²) in [7, 11) is 0. The van der Waals surface area contributed by atoms with Gasteiger partial charge in [0, 0.05) is 26.1 Å². The van der Waals surface area contributed by atoms with E-state index < -0.39 is 0 Å². The molecule has 3 heteroatoms. The highest BCUT2D eigenvalue weighted by Crippen LogP contribution is 2.25. The Labute approximate surface area is 116 Å². The zero-order chi connectivity index (χ0) is 13.5. The van der Waals surface area contributed by atoms with E-state index in [1.165, 1.54) is 11.1 Å². The van der Waals surface area contributed by atoms with Crippen molar-refractivity contribution in [3.05, 3.63) is 29.3 Å². The molecule has 0 saturated heterocycles. The van der Waals surface area contributed by atoms with Gasteiger partial charge in [0.2, 0.25) is 0 Å². The Morgan fingerprint density at radius 2 is 2.21 bits per heavy atom. The van der Waals surface area contributed by atoms with Crippen molar-refractivity contribution in [2.75, 3.05) is 26.4 Å². The third-order valence-electron chi connectivity index (χ3n) is 3.35. The van der Waals surface area contributed by atoms with Crippen LogP contribution in [0, 0.1) is 5.92 Å². The van der Waals surface area contributed by atoms with Gasteiger partial charge in [0.15, 0.2) is 0 Å². The van der Waals surface area contributed by atoms with E-state index in [1.807, 2.05) is 0 Å². The largest absolute Gasteiger partial charge is 0.493 e. The lowest BCUT2D eigenvalue weighted by molar-refractivity contribution is 0.125. The number of hydrogen-bond acceptors (Lipinski definition) is 3. The van der Waals surface area contributed by atoms with Crippen LogP contribution in [-0.4, -0.2) is 26.4 Å². The van der Waals surface area contributed by atoms with Crippen LogP contribution in [0.15, 0.2) is 18.2 Å². The molecule has 0 saturated carbocycles. The second-order valence-corrected chi connectivity index (χ2v) is 5.51. The average Bonchev–Trinajstić information content (AvgIpc) is 2.84. The van der Waals surface area contributed by atoms with Gasteiger partial charge in [-0.1, -0.05) is 26.0 Å². The molecule has 19 heavy (non-hydrogen) atoms. The monoisotopic (exact) mass is 263 g/mol. The average molecular weight is 263 g/mol. The Morgan fingerprint density at radius 1 is 1.32 bits per heavy atom. The van der Waals surface area contributed by atoms with Crippen LogP contribution in [0.25, 0.3) is 0 Å². The van der Waals surface area contributed by atoms with Crippen molar-refractivity contribution in [2.24, 2.45) is 5.92 Å². The molecule has 0 amide bonds. The molecule has 0 atom stereocenters. The summed E-state index contributed by atoms with van der Waals surface area (Å²) >= 11 is 0. The molecule has 1 N–H and O–H groups in total. The maximum absolute atomic E-state index is 5.57. The summed E-state index contributed by atoms with van der Waals surface area (Å²) in [6.45, 7) is 8.75. The van der Waals surface area contributed by atoms with E-state index in [0.717, 1.165) is 57.4 Å². The standard InChI is InChI=1S/C16H25NO2/c1-13(2)5-8-18-10-7-17-12-14-3-4-16-15(11-14)6-9-19-16/h3-4,11,13,17H,5-10,12H2,1-2H3.